The summed E-state index contributed by atoms with van der Waals surface area (Å²) in [6.07, 6.45) is -1.49. The van der Waals surface area contributed by atoms with Crippen LogP contribution in [-0.4, -0.2) is 64.5 Å². The molecule has 168 valence electrons. The third-order valence-corrected chi connectivity index (χ3v) is 6.94. The Kier molecular flexibility index (Phi) is 7.79. The van der Waals surface area contributed by atoms with Gasteiger partial charge in [-0.15, -0.1) is 0 Å². The summed E-state index contributed by atoms with van der Waals surface area (Å²) >= 11 is 0. The van der Waals surface area contributed by atoms with E-state index in [2.05, 4.69) is 9.68 Å². The molecule has 31 heavy (non-hydrogen) atoms. The molecule has 0 bridgehead atoms. The van der Waals surface area contributed by atoms with Crippen molar-refractivity contribution < 1.29 is 47.9 Å². The van der Waals surface area contributed by atoms with Crippen LogP contribution in [0.2, 0.25) is 0 Å². The Balaban J connectivity index is 1.32. The van der Waals surface area contributed by atoms with E-state index in [0.29, 0.717) is 23.0 Å². The highest BCUT2D eigenvalue weighted by Crippen LogP contribution is 2.43. The number of hydrogen-bond acceptors (Lipinski definition) is 12. The Labute approximate surface area is 183 Å². The van der Waals surface area contributed by atoms with E-state index in [4.69, 9.17) is 9.47 Å². The summed E-state index contributed by atoms with van der Waals surface area (Å²) in [7, 11) is 3.00. The van der Waals surface area contributed by atoms with Crippen LogP contribution in [0.5, 0.6) is 0 Å². The van der Waals surface area contributed by atoms with Gasteiger partial charge in [0.1, 0.15) is 0 Å². The molecule has 0 spiro atoms. The minimum absolute atomic E-state index is 0.00351. The van der Waals surface area contributed by atoms with E-state index in [0.717, 1.165) is 5.57 Å². The summed E-state index contributed by atoms with van der Waals surface area (Å²) in [5.41, 5.74) is 0.943. The van der Waals surface area contributed by atoms with Crippen LogP contribution in [0.25, 0.3) is 0 Å². The standard InChI is InChI=1S/C17H18N2O10S2/c20-12-1-2-13(21)18(12)28-16(24)26-7-5-10-9-30-31-11(10)6-8-27-17(25)29-19-14(22)3-4-15(19)23/h9,11H,1-8H2. The first-order chi connectivity index (χ1) is 14.8. The van der Waals surface area contributed by atoms with Crippen molar-refractivity contribution in [2.75, 3.05) is 13.2 Å². The Morgan fingerprint density at radius 1 is 0.839 bits per heavy atom. The molecule has 0 aliphatic carbocycles. The van der Waals surface area contributed by atoms with E-state index in [1.807, 2.05) is 5.41 Å². The van der Waals surface area contributed by atoms with Crippen LogP contribution in [0, 0.1) is 0 Å². The molecule has 2 saturated heterocycles. The number of nitrogens with zero attached hydrogens (tertiary/aromatic N) is 2. The molecule has 1 unspecified atom stereocenters. The van der Waals surface area contributed by atoms with Gasteiger partial charge < -0.3 is 9.47 Å². The summed E-state index contributed by atoms with van der Waals surface area (Å²) in [4.78, 5) is 78.1. The number of hydroxylamine groups is 4. The molecule has 12 nitrogen and oxygen atoms in total. The van der Waals surface area contributed by atoms with Gasteiger partial charge in [-0.1, -0.05) is 31.7 Å². The van der Waals surface area contributed by atoms with Crippen LogP contribution >= 0.6 is 21.6 Å². The fourth-order valence-corrected chi connectivity index (χ4v) is 5.55. The molecule has 3 heterocycles. The van der Waals surface area contributed by atoms with Crippen molar-refractivity contribution in [1.82, 2.24) is 10.1 Å². The van der Waals surface area contributed by atoms with E-state index >= 15 is 0 Å². The van der Waals surface area contributed by atoms with Crippen molar-refractivity contribution in [2.24, 2.45) is 0 Å². The van der Waals surface area contributed by atoms with E-state index in [9.17, 15) is 28.8 Å². The molecule has 2 fully saturated rings. The quantitative estimate of drug-likeness (QED) is 0.287. The van der Waals surface area contributed by atoms with Crippen molar-refractivity contribution in [2.45, 2.75) is 43.8 Å². The molecule has 3 aliphatic heterocycles. The maximum atomic E-state index is 11.6. The van der Waals surface area contributed by atoms with E-state index in [-0.39, 0.29) is 44.1 Å². The van der Waals surface area contributed by atoms with Gasteiger partial charge in [0.05, 0.1) is 13.2 Å². The van der Waals surface area contributed by atoms with Gasteiger partial charge in [-0.25, -0.2) is 9.59 Å². The molecule has 0 saturated carbocycles. The van der Waals surface area contributed by atoms with Crippen LogP contribution in [0.1, 0.15) is 38.5 Å². The van der Waals surface area contributed by atoms with Gasteiger partial charge in [0.25, 0.3) is 23.6 Å². The van der Waals surface area contributed by atoms with Crippen LogP contribution < -0.4 is 0 Å². The summed E-state index contributed by atoms with van der Waals surface area (Å²) < 4.78 is 9.82. The predicted molar refractivity (Wildman–Crippen MR) is 103 cm³/mol. The van der Waals surface area contributed by atoms with Crippen molar-refractivity contribution in [3.05, 3.63) is 11.0 Å². The highest BCUT2D eigenvalue weighted by Gasteiger charge is 2.34. The fraction of sp³-hybridized carbons (Fsp3) is 0.529. The minimum atomic E-state index is -1.14. The van der Waals surface area contributed by atoms with Gasteiger partial charge in [-0.2, -0.15) is 0 Å². The van der Waals surface area contributed by atoms with Gasteiger partial charge in [-0.05, 0) is 17.4 Å². The second-order valence-corrected chi connectivity index (χ2v) is 8.80. The van der Waals surface area contributed by atoms with E-state index in [1.54, 1.807) is 0 Å². The fourth-order valence-electron chi connectivity index (χ4n) is 2.77. The second kappa shape index (κ2) is 10.5. The second-order valence-electron chi connectivity index (χ2n) is 6.46. The van der Waals surface area contributed by atoms with Gasteiger partial charge in [0.15, 0.2) is 0 Å². The molecule has 4 amide bonds. The number of ether oxygens (including phenoxy) is 2. The van der Waals surface area contributed by atoms with Gasteiger partial charge in [0, 0.05) is 37.4 Å². The lowest BCUT2D eigenvalue weighted by Crippen LogP contribution is -2.32. The topological polar surface area (TPSA) is 146 Å². The van der Waals surface area contributed by atoms with Gasteiger partial charge in [-0.3, -0.25) is 28.9 Å². The zero-order valence-electron chi connectivity index (χ0n) is 16.1. The lowest BCUT2D eigenvalue weighted by Gasteiger charge is -2.15. The highest BCUT2D eigenvalue weighted by atomic mass is 33.1. The van der Waals surface area contributed by atoms with Crippen LogP contribution in [0.3, 0.4) is 0 Å². The zero-order valence-corrected chi connectivity index (χ0v) is 17.7. The molecule has 0 aromatic heterocycles. The molecular weight excluding hydrogens is 456 g/mol. The Morgan fingerprint density at radius 2 is 1.32 bits per heavy atom. The lowest BCUT2D eigenvalue weighted by atomic mass is 10.1. The summed E-state index contributed by atoms with van der Waals surface area (Å²) in [6, 6.07) is 0. The predicted octanol–water partition coefficient (Wildman–Crippen LogP) is 1.85. The van der Waals surface area contributed by atoms with E-state index < -0.39 is 35.9 Å². The first-order valence-electron chi connectivity index (χ1n) is 9.27. The van der Waals surface area contributed by atoms with E-state index in [1.165, 1.54) is 21.6 Å². The highest BCUT2D eigenvalue weighted by molar-refractivity contribution is 8.78. The van der Waals surface area contributed by atoms with Gasteiger partial charge in [0.2, 0.25) is 0 Å². The SMILES string of the molecule is O=C(OCCC1=CSSC1CCOC(=O)ON1C(=O)CCC1=O)ON1C(=O)CCC1=O. The summed E-state index contributed by atoms with van der Waals surface area (Å²) in [6.45, 7) is -0.0344. The third kappa shape index (κ3) is 6.13. The summed E-state index contributed by atoms with van der Waals surface area (Å²) in [5.74, 6) is -2.37. The average Bonchev–Trinajstić information content (AvgIpc) is 3.40. The Bertz CT molecular complexity index is 798. The van der Waals surface area contributed by atoms with Crippen LogP contribution in [0.4, 0.5) is 9.59 Å². The molecule has 1 atom stereocenters. The molecule has 14 heteroatoms. The Morgan fingerprint density at radius 3 is 1.84 bits per heavy atom. The normalized spacial score (nSPS) is 20.9. The van der Waals surface area contributed by atoms with Crippen molar-refractivity contribution in [3.63, 3.8) is 0 Å². The first-order valence-corrected chi connectivity index (χ1v) is 11.5. The van der Waals surface area contributed by atoms with Crippen molar-refractivity contribution in [1.29, 1.82) is 0 Å². The van der Waals surface area contributed by atoms with Crippen LogP contribution in [0.15, 0.2) is 11.0 Å². The molecule has 0 N–H and O–H groups in total. The number of amides is 4. The number of carbonyl (C=O) groups is 6. The number of hydrogen-bond donors (Lipinski definition) is 0. The van der Waals surface area contributed by atoms with Crippen molar-refractivity contribution in [3.8, 4) is 0 Å². The number of imide groups is 2. The van der Waals surface area contributed by atoms with Crippen LogP contribution in [-0.2, 0) is 38.3 Å². The smallest absolute Gasteiger partial charge is 0.433 e. The molecule has 3 aliphatic rings. The monoisotopic (exact) mass is 474 g/mol. The van der Waals surface area contributed by atoms with Crippen molar-refractivity contribution >= 4 is 57.5 Å². The molecule has 0 radical (unpaired) electrons. The number of rotatable bonds is 8. The maximum Gasteiger partial charge on any atom is 0.533 e. The zero-order chi connectivity index (χ0) is 22.4. The molecule has 3 rings (SSSR count). The lowest BCUT2D eigenvalue weighted by molar-refractivity contribution is -0.177. The third-order valence-electron chi connectivity index (χ3n) is 4.34. The minimum Gasteiger partial charge on any atom is -0.433 e. The first kappa shape index (κ1) is 22.9. The molecule has 0 aromatic rings. The summed E-state index contributed by atoms with van der Waals surface area (Å²) in [5, 5.41) is 2.69. The average molecular weight is 474 g/mol. The molecule has 0 aromatic carbocycles. The van der Waals surface area contributed by atoms with Gasteiger partial charge >= 0.3 is 12.3 Å². The Hall–Kier alpha value is -2.74. The molecular formula is C17H18N2O10S2. The largest absolute Gasteiger partial charge is 0.533 e. The maximum absolute atomic E-state index is 11.6. The number of carbonyl (C=O) groups excluding carboxylic acids is 6.